The number of halogens is 2. The van der Waals surface area contributed by atoms with E-state index in [4.69, 9.17) is 16.9 Å². The van der Waals surface area contributed by atoms with Crippen molar-refractivity contribution in [2.45, 2.75) is 25.9 Å². The summed E-state index contributed by atoms with van der Waals surface area (Å²) in [5.74, 6) is -0.375. The van der Waals surface area contributed by atoms with E-state index in [0.29, 0.717) is 18.5 Å². The molecule has 1 rings (SSSR count). The number of hydrogen-bond acceptors (Lipinski definition) is 2. The van der Waals surface area contributed by atoms with Crippen LogP contribution in [-0.2, 0) is 6.54 Å². The second-order valence-corrected chi connectivity index (χ2v) is 4.25. The third-order valence-electron chi connectivity index (χ3n) is 2.59. The summed E-state index contributed by atoms with van der Waals surface area (Å²) in [4.78, 5) is 1.93. The molecule has 0 fully saturated rings. The molecule has 0 saturated carbocycles. The minimum Gasteiger partial charge on any atom is -0.298 e. The van der Waals surface area contributed by atoms with Gasteiger partial charge in [0, 0.05) is 18.2 Å². The zero-order chi connectivity index (χ0) is 12.1. The van der Waals surface area contributed by atoms with E-state index in [2.05, 4.69) is 6.07 Å². The lowest BCUT2D eigenvalue weighted by Crippen LogP contribution is -2.28. The van der Waals surface area contributed by atoms with Crippen molar-refractivity contribution in [2.75, 3.05) is 7.05 Å². The zero-order valence-electron chi connectivity index (χ0n) is 9.37. The van der Waals surface area contributed by atoms with E-state index in [9.17, 15) is 4.39 Å². The highest BCUT2D eigenvalue weighted by Gasteiger charge is 2.12. The predicted octanol–water partition coefficient (Wildman–Crippen LogP) is 3.21. The highest BCUT2D eigenvalue weighted by molar-refractivity contribution is 6.30. The van der Waals surface area contributed by atoms with Crippen molar-refractivity contribution in [3.8, 4) is 6.07 Å². The highest BCUT2D eigenvalue weighted by atomic mass is 35.5. The Morgan fingerprint density at radius 2 is 2.25 bits per heavy atom. The SMILES string of the molecule is CC(CC#N)N(C)Cc1cccc(Cl)c1F. The average Bonchev–Trinajstić information content (AvgIpc) is 2.25. The molecule has 1 aromatic carbocycles. The Bertz CT molecular complexity index is 400. The van der Waals surface area contributed by atoms with Gasteiger partial charge in [0.25, 0.3) is 0 Å². The maximum atomic E-state index is 13.6. The number of nitrogens with zero attached hydrogens (tertiary/aromatic N) is 2. The van der Waals surface area contributed by atoms with Crippen LogP contribution >= 0.6 is 11.6 Å². The highest BCUT2D eigenvalue weighted by Crippen LogP contribution is 2.19. The van der Waals surface area contributed by atoms with Gasteiger partial charge in [0.1, 0.15) is 5.82 Å². The molecular formula is C12H14ClFN2. The van der Waals surface area contributed by atoms with Gasteiger partial charge >= 0.3 is 0 Å². The van der Waals surface area contributed by atoms with Crippen molar-refractivity contribution in [3.05, 3.63) is 34.6 Å². The van der Waals surface area contributed by atoms with Gasteiger partial charge in [0.15, 0.2) is 0 Å². The monoisotopic (exact) mass is 240 g/mol. The first-order valence-electron chi connectivity index (χ1n) is 5.06. The van der Waals surface area contributed by atoms with Gasteiger partial charge in [-0.2, -0.15) is 5.26 Å². The van der Waals surface area contributed by atoms with E-state index in [-0.39, 0.29) is 16.9 Å². The summed E-state index contributed by atoms with van der Waals surface area (Å²) >= 11 is 5.69. The molecule has 1 aromatic rings. The van der Waals surface area contributed by atoms with Crippen LogP contribution in [0.5, 0.6) is 0 Å². The van der Waals surface area contributed by atoms with Crippen molar-refractivity contribution in [3.63, 3.8) is 0 Å². The number of nitriles is 1. The van der Waals surface area contributed by atoms with Crippen LogP contribution in [0.4, 0.5) is 4.39 Å². The number of hydrogen-bond donors (Lipinski definition) is 0. The summed E-state index contributed by atoms with van der Waals surface area (Å²) in [5.41, 5.74) is 0.555. The molecule has 0 amide bonds. The first-order valence-corrected chi connectivity index (χ1v) is 5.44. The average molecular weight is 241 g/mol. The van der Waals surface area contributed by atoms with Gasteiger partial charge in [-0.1, -0.05) is 23.7 Å². The summed E-state index contributed by atoms with van der Waals surface area (Å²) < 4.78 is 13.6. The second-order valence-electron chi connectivity index (χ2n) is 3.84. The Balaban J connectivity index is 2.74. The van der Waals surface area contributed by atoms with Crippen LogP contribution in [0.25, 0.3) is 0 Å². The van der Waals surface area contributed by atoms with E-state index in [1.165, 1.54) is 6.07 Å². The van der Waals surface area contributed by atoms with Crippen LogP contribution in [-0.4, -0.2) is 18.0 Å². The molecule has 0 aliphatic rings. The van der Waals surface area contributed by atoms with Crippen LogP contribution < -0.4 is 0 Å². The van der Waals surface area contributed by atoms with Gasteiger partial charge < -0.3 is 0 Å². The molecule has 86 valence electrons. The quantitative estimate of drug-likeness (QED) is 0.808. The molecule has 0 radical (unpaired) electrons. The summed E-state index contributed by atoms with van der Waals surface area (Å²) in [6.07, 6.45) is 0.429. The van der Waals surface area contributed by atoms with E-state index in [1.807, 2.05) is 18.9 Å². The van der Waals surface area contributed by atoms with E-state index in [0.717, 1.165) is 0 Å². The Labute approximate surface area is 100 Å². The maximum Gasteiger partial charge on any atom is 0.146 e. The minimum atomic E-state index is -0.375. The summed E-state index contributed by atoms with van der Waals surface area (Å²) in [6.45, 7) is 2.39. The molecule has 0 bridgehead atoms. The van der Waals surface area contributed by atoms with Crippen molar-refractivity contribution in [1.82, 2.24) is 4.90 Å². The van der Waals surface area contributed by atoms with Crippen LogP contribution in [0.15, 0.2) is 18.2 Å². The van der Waals surface area contributed by atoms with E-state index >= 15 is 0 Å². The standard InChI is InChI=1S/C12H14ClFN2/c1-9(6-7-15)16(2)8-10-4-3-5-11(13)12(10)14/h3-5,9H,6,8H2,1-2H3. The minimum absolute atomic E-state index is 0.100. The van der Waals surface area contributed by atoms with Gasteiger partial charge in [-0.15, -0.1) is 0 Å². The maximum absolute atomic E-state index is 13.6. The Hall–Kier alpha value is -1.11. The molecule has 0 aliphatic carbocycles. The van der Waals surface area contributed by atoms with Gasteiger partial charge in [-0.25, -0.2) is 4.39 Å². The molecule has 0 heterocycles. The van der Waals surface area contributed by atoms with Crippen LogP contribution in [0.1, 0.15) is 18.9 Å². The molecule has 0 aliphatic heterocycles. The van der Waals surface area contributed by atoms with Crippen molar-refractivity contribution in [1.29, 1.82) is 5.26 Å². The largest absolute Gasteiger partial charge is 0.298 e. The van der Waals surface area contributed by atoms with E-state index in [1.54, 1.807) is 12.1 Å². The van der Waals surface area contributed by atoms with Crippen molar-refractivity contribution >= 4 is 11.6 Å². The fourth-order valence-electron chi connectivity index (χ4n) is 1.38. The van der Waals surface area contributed by atoms with Gasteiger partial charge in [-0.05, 0) is 20.0 Å². The molecule has 2 nitrogen and oxygen atoms in total. The van der Waals surface area contributed by atoms with Gasteiger partial charge in [0.05, 0.1) is 17.5 Å². The topological polar surface area (TPSA) is 27.0 Å². The molecule has 1 unspecified atom stereocenters. The third-order valence-corrected chi connectivity index (χ3v) is 2.88. The fraction of sp³-hybridized carbons (Fsp3) is 0.417. The summed E-state index contributed by atoms with van der Waals surface area (Å²) in [7, 11) is 1.86. The molecule has 1 atom stereocenters. The third kappa shape index (κ3) is 3.19. The first-order chi connectivity index (χ1) is 7.56. The van der Waals surface area contributed by atoms with Crippen molar-refractivity contribution < 1.29 is 4.39 Å². The van der Waals surface area contributed by atoms with E-state index < -0.39 is 0 Å². The molecule has 16 heavy (non-hydrogen) atoms. The summed E-state index contributed by atoms with van der Waals surface area (Å²) in [5, 5.41) is 8.72. The van der Waals surface area contributed by atoms with Crippen LogP contribution in [0.2, 0.25) is 5.02 Å². The Morgan fingerprint density at radius 3 is 2.88 bits per heavy atom. The molecule has 0 aromatic heterocycles. The molecule has 0 N–H and O–H groups in total. The number of rotatable bonds is 4. The lowest BCUT2D eigenvalue weighted by atomic mass is 10.1. The zero-order valence-corrected chi connectivity index (χ0v) is 10.1. The Morgan fingerprint density at radius 1 is 1.56 bits per heavy atom. The molecule has 4 heteroatoms. The lowest BCUT2D eigenvalue weighted by Gasteiger charge is -2.22. The molecular weight excluding hydrogens is 227 g/mol. The van der Waals surface area contributed by atoms with Gasteiger partial charge in [-0.3, -0.25) is 4.90 Å². The first kappa shape index (κ1) is 13.0. The number of benzene rings is 1. The van der Waals surface area contributed by atoms with Gasteiger partial charge in [0.2, 0.25) is 0 Å². The second kappa shape index (κ2) is 5.83. The smallest absolute Gasteiger partial charge is 0.146 e. The predicted molar refractivity (Wildman–Crippen MR) is 62.6 cm³/mol. The summed E-state index contributed by atoms with van der Waals surface area (Å²) in [6, 6.07) is 7.16. The normalized spacial score (nSPS) is 12.5. The van der Waals surface area contributed by atoms with Crippen LogP contribution in [0.3, 0.4) is 0 Å². The Kier molecular flexibility index (Phi) is 4.72. The van der Waals surface area contributed by atoms with Crippen molar-refractivity contribution in [2.24, 2.45) is 0 Å². The lowest BCUT2D eigenvalue weighted by molar-refractivity contribution is 0.249. The van der Waals surface area contributed by atoms with Crippen LogP contribution in [0, 0.1) is 17.1 Å². The fourth-order valence-corrected chi connectivity index (χ4v) is 1.58. The molecule has 0 spiro atoms. The molecule has 0 saturated heterocycles.